The minimum atomic E-state index is 0. The van der Waals surface area contributed by atoms with Crippen molar-refractivity contribution >= 4 is 24.0 Å². The molecule has 1 fully saturated rings. The SMILES string of the molecule is CCOc1ccccc1NC(=O)CC1CCCN1.Cl. The highest BCUT2D eigenvalue weighted by molar-refractivity contribution is 5.92. The Morgan fingerprint density at radius 1 is 1.47 bits per heavy atom. The second-order valence-corrected chi connectivity index (χ2v) is 4.47. The third-order valence-corrected chi connectivity index (χ3v) is 3.06. The summed E-state index contributed by atoms with van der Waals surface area (Å²) in [6, 6.07) is 7.85. The molecule has 0 spiro atoms. The van der Waals surface area contributed by atoms with Gasteiger partial charge in [-0.15, -0.1) is 12.4 Å². The Balaban J connectivity index is 0.00000180. The molecule has 1 aromatic carbocycles. The van der Waals surface area contributed by atoms with E-state index in [4.69, 9.17) is 4.74 Å². The van der Waals surface area contributed by atoms with E-state index in [-0.39, 0.29) is 18.3 Å². The van der Waals surface area contributed by atoms with Crippen LogP contribution in [0.3, 0.4) is 0 Å². The molecule has 2 rings (SSSR count). The molecule has 1 saturated heterocycles. The molecule has 1 heterocycles. The molecule has 1 aromatic rings. The van der Waals surface area contributed by atoms with Gasteiger partial charge in [-0.2, -0.15) is 0 Å². The number of rotatable bonds is 5. The van der Waals surface area contributed by atoms with E-state index in [2.05, 4.69) is 10.6 Å². The molecule has 4 nitrogen and oxygen atoms in total. The van der Waals surface area contributed by atoms with E-state index in [1.807, 2.05) is 31.2 Å². The van der Waals surface area contributed by atoms with Gasteiger partial charge in [-0.1, -0.05) is 12.1 Å². The summed E-state index contributed by atoms with van der Waals surface area (Å²) in [5.41, 5.74) is 0.752. The maximum Gasteiger partial charge on any atom is 0.226 e. The van der Waals surface area contributed by atoms with Crippen molar-refractivity contribution in [3.05, 3.63) is 24.3 Å². The van der Waals surface area contributed by atoms with E-state index in [0.717, 1.165) is 30.8 Å². The van der Waals surface area contributed by atoms with Gasteiger partial charge in [-0.3, -0.25) is 4.79 Å². The van der Waals surface area contributed by atoms with Crippen molar-refractivity contribution in [2.45, 2.75) is 32.2 Å². The molecule has 0 saturated carbocycles. The van der Waals surface area contributed by atoms with Crippen LogP contribution in [0.4, 0.5) is 5.69 Å². The Kier molecular flexibility index (Phi) is 6.67. The van der Waals surface area contributed by atoms with Gasteiger partial charge < -0.3 is 15.4 Å². The number of benzene rings is 1. The zero-order valence-corrected chi connectivity index (χ0v) is 12.0. The third kappa shape index (κ3) is 4.73. The van der Waals surface area contributed by atoms with Gasteiger partial charge >= 0.3 is 0 Å². The molecule has 0 bridgehead atoms. The van der Waals surface area contributed by atoms with E-state index in [0.29, 0.717) is 19.1 Å². The number of nitrogens with one attached hydrogen (secondary N) is 2. The second kappa shape index (κ2) is 8.02. The quantitative estimate of drug-likeness (QED) is 0.874. The molecule has 1 aliphatic rings. The number of para-hydroxylation sites is 2. The summed E-state index contributed by atoms with van der Waals surface area (Å²) in [6.45, 7) is 3.55. The first-order chi connectivity index (χ1) is 8.79. The molecule has 0 radical (unpaired) electrons. The largest absolute Gasteiger partial charge is 0.492 e. The molecule has 1 unspecified atom stereocenters. The Hall–Kier alpha value is -1.26. The zero-order valence-electron chi connectivity index (χ0n) is 11.1. The normalized spacial score (nSPS) is 17.6. The Labute approximate surface area is 120 Å². The van der Waals surface area contributed by atoms with Gasteiger partial charge in [0.1, 0.15) is 5.75 Å². The molecule has 19 heavy (non-hydrogen) atoms. The number of halogens is 1. The molecular formula is C14H21ClN2O2. The van der Waals surface area contributed by atoms with Gasteiger partial charge in [0.15, 0.2) is 0 Å². The second-order valence-electron chi connectivity index (χ2n) is 4.47. The fourth-order valence-electron chi connectivity index (χ4n) is 2.21. The van der Waals surface area contributed by atoms with Crippen LogP contribution in [-0.2, 0) is 4.79 Å². The maximum absolute atomic E-state index is 11.9. The van der Waals surface area contributed by atoms with Gasteiger partial charge in [0.2, 0.25) is 5.91 Å². The van der Waals surface area contributed by atoms with Crippen molar-refractivity contribution in [2.75, 3.05) is 18.5 Å². The summed E-state index contributed by atoms with van der Waals surface area (Å²) in [5.74, 6) is 0.772. The van der Waals surface area contributed by atoms with Gasteiger partial charge in [-0.05, 0) is 38.4 Å². The van der Waals surface area contributed by atoms with Gasteiger partial charge in [0, 0.05) is 12.5 Å². The standard InChI is InChI=1S/C14H20N2O2.ClH/c1-2-18-13-8-4-3-7-12(13)16-14(17)10-11-6-5-9-15-11;/h3-4,7-8,11,15H,2,5-6,9-10H2,1H3,(H,16,17);1H. The number of carbonyl (C=O) groups is 1. The Morgan fingerprint density at radius 3 is 2.95 bits per heavy atom. The summed E-state index contributed by atoms with van der Waals surface area (Å²) in [7, 11) is 0. The van der Waals surface area contributed by atoms with Crippen molar-refractivity contribution in [3.63, 3.8) is 0 Å². The summed E-state index contributed by atoms with van der Waals surface area (Å²) in [5, 5.41) is 6.24. The highest BCUT2D eigenvalue weighted by Gasteiger charge is 2.18. The first-order valence-electron chi connectivity index (χ1n) is 6.54. The average molecular weight is 285 g/mol. The molecule has 106 valence electrons. The molecule has 1 aliphatic heterocycles. The van der Waals surface area contributed by atoms with Crippen LogP contribution in [0.25, 0.3) is 0 Å². The summed E-state index contributed by atoms with van der Waals surface area (Å²) in [6.07, 6.45) is 2.77. The van der Waals surface area contributed by atoms with Gasteiger partial charge in [-0.25, -0.2) is 0 Å². The van der Waals surface area contributed by atoms with Crippen LogP contribution in [0, 0.1) is 0 Å². The van der Waals surface area contributed by atoms with Crippen LogP contribution in [0.1, 0.15) is 26.2 Å². The molecule has 2 N–H and O–H groups in total. The monoisotopic (exact) mass is 284 g/mol. The van der Waals surface area contributed by atoms with Crippen molar-refractivity contribution < 1.29 is 9.53 Å². The summed E-state index contributed by atoms with van der Waals surface area (Å²) < 4.78 is 5.48. The topological polar surface area (TPSA) is 50.4 Å². The number of hydrogen-bond donors (Lipinski definition) is 2. The summed E-state index contributed by atoms with van der Waals surface area (Å²) >= 11 is 0. The van der Waals surface area contributed by atoms with Gasteiger partial charge in [0.05, 0.1) is 12.3 Å². The minimum absolute atomic E-state index is 0. The molecule has 0 aliphatic carbocycles. The number of hydrogen-bond acceptors (Lipinski definition) is 3. The molecule has 1 amide bonds. The Bertz CT molecular complexity index is 406. The number of ether oxygens (including phenoxy) is 1. The summed E-state index contributed by atoms with van der Waals surface area (Å²) in [4.78, 5) is 11.9. The fourth-order valence-corrected chi connectivity index (χ4v) is 2.21. The number of carbonyl (C=O) groups excluding carboxylic acids is 1. The lowest BCUT2D eigenvalue weighted by molar-refractivity contribution is -0.116. The molecular weight excluding hydrogens is 264 g/mol. The highest BCUT2D eigenvalue weighted by atomic mass is 35.5. The molecule has 0 aromatic heterocycles. The first-order valence-corrected chi connectivity index (χ1v) is 6.54. The predicted octanol–water partition coefficient (Wildman–Crippen LogP) is 2.59. The van der Waals surface area contributed by atoms with E-state index in [1.54, 1.807) is 0 Å². The van der Waals surface area contributed by atoms with Crippen LogP contribution in [0.15, 0.2) is 24.3 Å². The lowest BCUT2D eigenvalue weighted by Gasteiger charge is -2.13. The lowest BCUT2D eigenvalue weighted by atomic mass is 10.1. The highest BCUT2D eigenvalue weighted by Crippen LogP contribution is 2.24. The van der Waals surface area contributed by atoms with Crippen molar-refractivity contribution in [3.8, 4) is 5.75 Å². The van der Waals surface area contributed by atoms with Crippen LogP contribution in [0.5, 0.6) is 5.75 Å². The van der Waals surface area contributed by atoms with Crippen LogP contribution >= 0.6 is 12.4 Å². The van der Waals surface area contributed by atoms with Crippen LogP contribution in [-0.4, -0.2) is 25.1 Å². The molecule has 1 atom stereocenters. The van der Waals surface area contributed by atoms with Gasteiger partial charge in [0.25, 0.3) is 0 Å². The van der Waals surface area contributed by atoms with Crippen LogP contribution in [0.2, 0.25) is 0 Å². The van der Waals surface area contributed by atoms with E-state index in [9.17, 15) is 4.79 Å². The lowest BCUT2D eigenvalue weighted by Crippen LogP contribution is -2.27. The maximum atomic E-state index is 11.9. The number of amides is 1. The van der Waals surface area contributed by atoms with Crippen LogP contribution < -0.4 is 15.4 Å². The first kappa shape index (κ1) is 15.8. The van der Waals surface area contributed by atoms with Crippen molar-refractivity contribution in [1.29, 1.82) is 0 Å². The zero-order chi connectivity index (χ0) is 12.8. The number of anilines is 1. The van der Waals surface area contributed by atoms with Crippen molar-refractivity contribution in [1.82, 2.24) is 5.32 Å². The van der Waals surface area contributed by atoms with E-state index >= 15 is 0 Å². The van der Waals surface area contributed by atoms with Crippen molar-refractivity contribution in [2.24, 2.45) is 0 Å². The van der Waals surface area contributed by atoms with E-state index in [1.165, 1.54) is 0 Å². The Morgan fingerprint density at radius 2 is 2.26 bits per heavy atom. The fraction of sp³-hybridized carbons (Fsp3) is 0.500. The third-order valence-electron chi connectivity index (χ3n) is 3.06. The predicted molar refractivity (Wildman–Crippen MR) is 79.1 cm³/mol. The molecule has 5 heteroatoms. The average Bonchev–Trinajstić information content (AvgIpc) is 2.84. The minimum Gasteiger partial charge on any atom is -0.492 e. The smallest absolute Gasteiger partial charge is 0.226 e. The van der Waals surface area contributed by atoms with E-state index < -0.39 is 0 Å².